The van der Waals surface area contributed by atoms with Gasteiger partial charge in [0.15, 0.2) is 0 Å². The van der Waals surface area contributed by atoms with E-state index in [-0.39, 0.29) is 0 Å². The second-order valence-electron chi connectivity index (χ2n) is 6.05. The summed E-state index contributed by atoms with van der Waals surface area (Å²) in [5, 5.41) is 3.67. The first-order valence-corrected chi connectivity index (χ1v) is 9.16. The van der Waals surface area contributed by atoms with Crippen LogP contribution >= 0.6 is 11.8 Å². The number of nitrogens with one attached hydrogen (secondary N) is 1. The quantitative estimate of drug-likeness (QED) is 0.654. The average molecular weight is 288 g/mol. The van der Waals surface area contributed by atoms with Gasteiger partial charge in [-0.25, -0.2) is 0 Å². The Morgan fingerprint density at radius 2 is 1.79 bits per heavy atom. The summed E-state index contributed by atoms with van der Waals surface area (Å²) in [4.78, 5) is 5.11. The van der Waals surface area contributed by atoms with E-state index in [0.29, 0.717) is 6.04 Å². The van der Waals surface area contributed by atoms with Crippen LogP contribution in [0.1, 0.15) is 26.7 Å². The standard InChI is InChI=1S/C15H33N3S/c1-14(2)15(13-16-7-5-6-12-19-4)18-10-8-17(3)9-11-18/h14-16H,5-13H2,1-4H3. The maximum absolute atomic E-state index is 3.67. The van der Waals surface area contributed by atoms with Gasteiger partial charge in [-0.1, -0.05) is 13.8 Å². The Labute approximate surface area is 124 Å². The molecule has 0 aromatic heterocycles. The Balaban J connectivity index is 2.21. The van der Waals surface area contributed by atoms with E-state index >= 15 is 0 Å². The zero-order chi connectivity index (χ0) is 14.1. The first kappa shape index (κ1) is 17.3. The molecule has 0 spiro atoms. The van der Waals surface area contributed by atoms with Crippen LogP contribution in [0.3, 0.4) is 0 Å². The molecule has 1 saturated heterocycles. The molecule has 1 rings (SSSR count). The molecule has 19 heavy (non-hydrogen) atoms. The molecule has 0 amide bonds. The zero-order valence-corrected chi connectivity index (χ0v) is 14.1. The van der Waals surface area contributed by atoms with Crippen molar-refractivity contribution < 1.29 is 0 Å². The number of nitrogens with zero attached hydrogens (tertiary/aromatic N) is 2. The van der Waals surface area contributed by atoms with E-state index in [9.17, 15) is 0 Å². The van der Waals surface area contributed by atoms with Crippen LogP contribution < -0.4 is 5.32 Å². The van der Waals surface area contributed by atoms with Crippen molar-refractivity contribution >= 4 is 11.8 Å². The number of likely N-dealkylation sites (N-methyl/N-ethyl adjacent to an activating group) is 1. The number of unbranched alkanes of at least 4 members (excludes halogenated alkanes) is 1. The lowest BCUT2D eigenvalue weighted by molar-refractivity contribution is 0.0877. The SMILES string of the molecule is CSCCCCNCC(C(C)C)N1CCN(C)CC1. The van der Waals surface area contributed by atoms with Crippen LogP contribution in [0.2, 0.25) is 0 Å². The highest BCUT2D eigenvalue weighted by Crippen LogP contribution is 2.12. The van der Waals surface area contributed by atoms with Gasteiger partial charge >= 0.3 is 0 Å². The number of piperazine rings is 1. The molecule has 1 aliphatic heterocycles. The van der Waals surface area contributed by atoms with E-state index in [0.717, 1.165) is 12.5 Å². The van der Waals surface area contributed by atoms with Crippen LogP contribution in [0.5, 0.6) is 0 Å². The van der Waals surface area contributed by atoms with Gasteiger partial charge in [-0.3, -0.25) is 4.90 Å². The largest absolute Gasteiger partial charge is 0.315 e. The highest BCUT2D eigenvalue weighted by atomic mass is 32.2. The molecular weight excluding hydrogens is 254 g/mol. The van der Waals surface area contributed by atoms with Crippen molar-refractivity contribution in [2.45, 2.75) is 32.7 Å². The van der Waals surface area contributed by atoms with Gasteiger partial charge in [0.1, 0.15) is 0 Å². The topological polar surface area (TPSA) is 18.5 Å². The van der Waals surface area contributed by atoms with Crippen molar-refractivity contribution in [3.05, 3.63) is 0 Å². The fourth-order valence-corrected chi connectivity index (χ4v) is 3.18. The third kappa shape index (κ3) is 6.98. The van der Waals surface area contributed by atoms with Crippen LogP contribution in [0.4, 0.5) is 0 Å². The summed E-state index contributed by atoms with van der Waals surface area (Å²) in [6.45, 7) is 11.9. The molecule has 0 aliphatic carbocycles. The van der Waals surface area contributed by atoms with Gasteiger partial charge in [0, 0.05) is 38.8 Å². The smallest absolute Gasteiger partial charge is 0.0244 e. The minimum Gasteiger partial charge on any atom is -0.315 e. The van der Waals surface area contributed by atoms with E-state index in [1.54, 1.807) is 0 Å². The molecule has 1 heterocycles. The van der Waals surface area contributed by atoms with Crippen molar-refractivity contribution in [1.82, 2.24) is 15.1 Å². The van der Waals surface area contributed by atoms with Crippen molar-refractivity contribution in [3.63, 3.8) is 0 Å². The molecule has 1 atom stereocenters. The first-order chi connectivity index (χ1) is 9.15. The summed E-state index contributed by atoms with van der Waals surface area (Å²) in [5.41, 5.74) is 0. The normalized spacial score (nSPS) is 20.1. The lowest BCUT2D eigenvalue weighted by atomic mass is 10.0. The average Bonchev–Trinajstić information content (AvgIpc) is 2.39. The Kier molecular flexibility index (Phi) is 9.12. The number of rotatable bonds is 9. The fraction of sp³-hybridized carbons (Fsp3) is 1.00. The molecule has 0 aromatic carbocycles. The first-order valence-electron chi connectivity index (χ1n) is 7.77. The molecule has 1 unspecified atom stereocenters. The minimum atomic E-state index is 0.703. The third-order valence-corrected chi connectivity index (χ3v) is 4.78. The van der Waals surface area contributed by atoms with Crippen LogP contribution in [0.25, 0.3) is 0 Å². The third-order valence-electron chi connectivity index (χ3n) is 4.08. The van der Waals surface area contributed by atoms with Gasteiger partial charge < -0.3 is 10.2 Å². The molecule has 3 nitrogen and oxygen atoms in total. The molecule has 0 radical (unpaired) electrons. The summed E-state index contributed by atoms with van der Waals surface area (Å²) in [7, 11) is 2.23. The summed E-state index contributed by atoms with van der Waals surface area (Å²) in [6, 6.07) is 0.703. The highest BCUT2D eigenvalue weighted by Gasteiger charge is 2.24. The predicted molar refractivity (Wildman–Crippen MR) is 88.2 cm³/mol. The highest BCUT2D eigenvalue weighted by molar-refractivity contribution is 7.98. The van der Waals surface area contributed by atoms with Gasteiger partial charge in [-0.2, -0.15) is 11.8 Å². The van der Waals surface area contributed by atoms with E-state index in [4.69, 9.17) is 0 Å². The monoisotopic (exact) mass is 287 g/mol. The molecule has 4 heteroatoms. The molecule has 0 saturated carbocycles. The zero-order valence-electron chi connectivity index (χ0n) is 13.3. The lowest BCUT2D eigenvalue weighted by Gasteiger charge is -2.40. The summed E-state index contributed by atoms with van der Waals surface area (Å²) in [6.07, 6.45) is 4.85. The Bertz CT molecular complexity index is 215. The molecule has 1 N–H and O–H groups in total. The maximum Gasteiger partial charge on any atom is 0.0244 e. The number of thioether (sulfide) groups is 1. The van der Waals surface area contributed by atoms with Crippen molar-refractivity contribution in [1.29, 1.82) is 0 Å². The number of hydrogen-bond donors (Lipinski definition) is 1. The molecule has 1 fully saturated rings. The second-order valence-corrected chi connectivity index (χ2v) is 7.04. The van der Waals surface area contributed by atoms with Gasteiger partial charge in [-0.15, -0.1) is 0 Å². The van der Waals surface area contributed by atoms with E-state index < -0.39 is 0 Å². The summed E-state index contributed by atoms with van der Waals surface area (Å²) < 4.78 is 0. The van der Waals surface area contributed by atoms with E-state index in [1.165, 1.54) is 51.3 Å². The second kappa shape index (κ2) is 10.0. The lowest BCUT2D eigenvalue weighted by Crippen LogP contribution is -2.53. The Morgan fingerprint density at radius 3 is 2.37 bits per heavy atom. The van der Waals surface area contributed by atoms with Crippen LogP contribution in [-0.2, 0) is 0 Å². The Hall–Kier alpha value is 0.230. The molecule has 1 aliphatic rings. The van der Waals surface area contributed by atoms with Gasteiger partial charge in [-0.05, 0) is 44.4 Å². The predicted octanol–water partition coefficient (Wildman–Crippen LogP) is 1.99. The van der Waals surface area contributed by atoms with Gasteiger partial charge in [0.25, 0.3) is 0 Å². The molecule has 114 valence electrons. The van der Waals surface area contributed by atoms with Crippen molar-refractivity contribution in [2.24, 2.45) is 5.92 Å². The molecule has 0 aromatic rings. The van der Waals surface area contributed by atoms with Crippen molar-refractivity contribution in [2.75, 3.05) is 58.3 Å². The van der Waals surface area contributed by atoms with Crippen molar-refractivity contribution in [3.8, 4) is 0 Å². The number of hydrogen-bond acceptors (Lipinski definition) is 4. The van der Waals surface area contributed by atoms with E-state index in [2.05, 4.69) is 42.3 Å². The van der Waals surface area contributed by atoms with Gasteiger partial charge in [0.2, 0.25) is 0 Å². The summed E-state index contributed by atoms with van der Waals surface area (Å²) in [5.74, 6) is 2.04. The summed E-state index contributed by atoms with van der Waals surface area (Å²) >= 11 is 1.95. The fourth-order valence-electron chi connectivity index (χ4n) is 2.69. The van der Waals surface area contributed by atoms with Crippen LogP contribution in [0.15, 0.2) is 0 Å². The van der Waals surface area contributed by atoms with Gasteiger partial charge in [0.05, 0.1) is 0 Å². The van der Waals surface area contributed by atoms with Crippen LogP contribution in [-0.4, -0.2) is 74.2 Å². The van der Waals surface area contributed by atoms with E-state index in [1.807, 2.05) is 11.8 Å². The van der Waals surface area contributed by atoms with Crippen LogP contribution in [0, 0.1) is 5.92 Å². The molecular formula is C15H33N3S. The maximum atomic E-state index is 3.67. The molecule has 0 bridgehead atoms. The minimum absolute atomic E-state index is 0.703. The Morgan fingerprint density at radius 1 is 1.11 bits per heavy atom.